The standard InChI is InChI=1S/C19H12BrCl3N2O3/c20-15-7-11(21)2-5-18(15)27-10-19(26)25-24-9-13-3-6-17(28-13)14-4-1-12(22)8-16(14)23/h1-9H,10H2,(H,25,26). The molecule has 5 nitrogen and oxygen atoms in total. The van der Waals surface area contributed by atoms with E-state index in [1.54, 1.807) is 48.5 Å². The van der Waals surface area contributed by atoms with Crippen molar-refractivity contribution in [1.29, 1.82) is 0 Å². The van der Waals surface area contributed by atoms with E-state index in [0.29, 0.717) is 42.4 Å². The fraction of sp³-hybridized carbons (Fsp3) is 0.0526. The second-order valence-electron chi connectivity index (χ2n) is 5.48. The summed E-state index contributed by atoms with van der Waals surface area (Å²) in [4.78, 5) is 11.8. The summed E-state index contributed by atoms with van der Waals surface area (Å²) >= 11 is 21.2. The van der Waals surface area contributed by atoms with Gasteiger partial charge in [0.1, 0.15) is 17.3 Å². The number of halogens is 4. The van der Waals surface area contributed by atoms with Crippen molar-refractivity contribution in [1.82, 2.24) is 5.43 Å². The van der Waals surface area contributed by atoms with Gasteiger partial charge in [-0.2, -0.15) is 5.10 Å². The number of furan rings is 1. The molecule has 0 saturated carbocycles. The van der Waals surface area contributed by atoms with E-state index in [2.05, 4.69) is 26.5 Å². The molecule has 0 fully saturated rings. The van der Waals surface area contributed by atoms with Gasteiger partial charge in [-0.3, -0.25) is 4.79 Å². The molecule has 0 spiro atoms. The monoisotopic (exact) mass is 500 g/mol. The first-order valence-electron chi connectivity index (χ1n) is 7.87. The molecule has 1 heterocycles. The van der Waals surface area contributed by atoms with Gasteiger partial charge in [-0.15, -0.1) is 0 Å². The predicted molar refractivity (Wildman–Crippen MR) is 115 cm³/mol. The molecule has 2 aromatic carbocycles. The largest absolute Gasteiger partial charge is 0.483 e. The number of hydrazone groups is 1. The molecule has 0 atom stereocenters. The van der Waals surface area contributed by atoms with E-state index in [-0.39, 0.29) is 6.61 Å². The lowest BCUT2D eigenvalue weighted by molar-refractivity contribution is -0.123. The number of benzene rings is 2. The molecule has 0 aliphatic rings. The summed E-state index contributed by atoms with van der Waals surface area (Å²) in [5, 5.41) is 5.43. The van der Waals surface area contributed by atoms with E-state index in [9.17, 15) is 4.79 Å². The van der Waals surface area contributed by atoms with Gasteiger partial charge in [-0.1, -0.05) is 34.8 Å². The van der Waals surface area contributed by atoms with Gasteiger partial charge in [-0.05, 0) is 64.5 Å². The highest BCUT2D eigenvalue weighted by atomic mass is 79.9. The van der Waals surface area contributed by atoms with Crippen LogP contribution in [0.25, 0.3) is 11.3 Å². The maximum absolute atomic E-state index is 11.8. The average Bonchev–Trinajstić information content (AvgIpc) is 3.09. The molecular formula is C19H12BrCl3N2O3. The van der Waals surface area contributed by atoms with Gasteiger partial charge in [0.05, 0.1) is 15.7 Å². The van der Waals surface area contributed by atoms with Crippen LogP contribution in [0.5, 0.6) is 5.75 Å². The maximum Gasteiger partial charge on any atom is 0.277 e. The Balaban J connectivity index is 1.54. The molecule has 28 heavy (non-hydrogen) atoms. The number of hydrogen-bond acceptors (Lipinski definition) is 4. The quantitative estimate of drug-likeness (QED) is 0.323. The minimum absolute atomic E-state index is 0.207. The molecule has 0 radical (unpaired) electrons. The molecule has 3 aromatic rings. The third-order valence-electron chi connectivity index (χ3n) is 3.46. The second-order valence-corrected chi connectivity index (χ2v) is 7.62. The highest BCUT2D eigenvalue weighted by Crippen LogP contribution is 2.31. The van der Waals surface area contributed by atoms with E-state index in [0.717, 1.165) is 0 Å². The van der Waals surface area contributed by atoms with Crippen LogP contribution in [0.4, 0.5) is 0 Å². The van der Waals surface area contributed by atoms with Gasteiger partial charge in [0.15, 0.2) is 6.61 Å². The van der Waals surface area contributed by atoms with Crippen LogP contribution < -0.4 is 10.2 Å². The molecule has 0 saturated heterocycles. The molecule has 3 rings (SSSR count). The molecule has 1 N–H and O–H groups in total. The number of ether oxygens (including phenoxy) is 1. The first-order valence-corrected chi connectivity index (χ1v) is 9.80. The number of carbonyl (C=O) groups excluding carboxylic acids is 1. The van der Waals surface area contributed by atoms with Crippen LogP contribution >= 0.6 is 50.7 Å². The molecule has 9 heteroatoms. The third-order valence-corrected chi connectivity index (χ3v) is 4.86. The Labute approximate surface area is 184 Å². The van der Waals surface area contributed by atoms with Crippen molar-refractivity contribution >= 4 is 62.9 Å². The van der Waals surface area contributed by atoms with E-state index < -0.39 is 5.91 Å². The first kappa shape index (κ1) is 20.7. The number of rotatable bonds is 6. The van der Waals surface area contributed by atoms with Crippen molar-refractivity contribution in [2.24, 2.45) is 5.10 Å². The zero-order valence-corrected chi connectivity index (χ0v) is 17.9. The van der Waals surface area contributed by atoms with Gasteiger partial charge < -0.3 is 9.15 Å². The van der Waals surface area contributed by atoms with Crippen molar-refractivity contribution in [3.63, 3.8) is 0 Å². The van der Waals surface area contributed by atoms with Crippen LogP contribution in [0, 0.1) is 0 Å². The lowest BCUT2D eigenvalue weighted by Gasteiger charge is -2.07. The van der Waals surface area contributed by atoms with E-state index >= 15 is 0 Å². The van der Waals surface area contributed by atoms with Crippen LogP contribution in [0.2, 0.25) is 15.1 Å². The fourth-order valence-corrected chi connectivity index (χ4v) is 3.49. The van der Waals surface area contributed by atoms with Gasteiger partial charge >= 0.3 is 0 Å². The SMILES string of the molecule is O=C(COc1ccc(Cl)cc1Br)NN=Cc1ccc(-c2ccc(Cl)cc2Cl)o1. The number of nitrogens with zero attached hydrogens (tertiary/aromatic N) is 1. The number of hydrogen-bond donors (Lipinski definition) is 1. The Bertz CT molecular complexity index is 1040. The van der Waals surface area contributed by atoms with Crippen molar-refractivity contribution in [3.05, 3.63) is 73.8 Å². The summed E-state index contributed by atoms with van der Waals surface area (Å²) in [6.45, 7) is -0.207. The van der Waals surface area contributed by atoms with Gasteiger partial charge in [0, 0.05) is 15.6 Å². The van der Waals surface area contributed by atoms with Crippen LogP contribution in [-0.4, -0.2) is 18.7 Å². The molecule has 0 bridgehead atoms. The average molecular weight is 503 g/mol. The zero-order valence-electron chi connectivity index (χ0n) is 14.1. The molecule has 1 amide bonds. The summed E-state index contributed by atoms with van der Waals surface area (Å²) in [6.07, 6.45) is 1.38. The Kier molecular flexibility index (Phi) is 7.02. The Hall–Kier alpha value is -1.99. The highest BCUT2D eigenvalue weighted by Gasteiger charge is 2.09. The molecule has 0 aliphatic carbocycles. The molecule has 1 aromatic heterocycles. The maximum atomic E-state index is 11.8. The Morgan fingerprint density at radius 1 is 1.11 bits per heavy atom. The summed E-state index contributed by atoms with van der Waals surface area (Å²) in [6, 6.07) is 13.6. The van der Waals surface area contributed by atoms with Gasteiger partial charge in [0.25, 0.3) is 5.91 Å². The summed E-state index contributed by atoms with van der Waals surface area (Å²) in [5.74, 6) is 1.08. The summed E-state index contributed by atoms with van der Waals surface area (Å²) in [7, 11) is 0. The van der Waals surface area contributed by atoms with Crippen LogP contribution in [0.3, 0.4) is 0 Å². The smallest absolute Gasteiger partial charge is 0.277 e. The highest BCUT2D eigenvalue weighted by molar-refractivity contribution is 9.10. The van der Waals surface area contributed by atoms with Crippen molar-refractivity contribution < 1.29 is 13.9 Å². The molecule has 0 aliphatic heterocycles. The Morgan fingerprint density at radius 2 is 1.86 bits per heavy atom. The van der Waals surface area contributed by atoms with Crippen molar-refractivity contribution in [3.8, 4) is 17.1 Å². The lowest BCUT2D eigenvalue weighted by Crippen LogP contribution is -2.24. The summed E-state index contributed by atoms with van der Waals surface area (Å²) < 4.78 is 11.7. The molecule has 144 valence electrons. The molecular weight excluding hydrogens is 490 g/mol. The topological polar surface area (TPSA) is 63.8 Å². The van der Waals surface area contributed by atoms with Crippen molar-refractivity contribution in [2.75, 3.05) is 6.61 Å². The van der Waals surface area contributed by atoms with Crippen LogP contribution in [0.1, 0.15) is 5.76 Å². The van der Waals surface area contributed by atoms with Crippen LogP contribution in [0.15, 0.2) is 62.5 Å². The zero-order chi connectivity index (χ0) is 20.1. The van der Waals surface area contributed by atoms with Crippen molar-refractivity contribution in [2.45, 2.75) is 0 Å². The molecule has 0 unspecified atom stereocenters. The lowest BCUT2D eigenvalue weighted by atomic mass is 10.2. The number of carbonyl (C=O) groups is 1. The number of nitrogens with one attached hydrogen (secondary N) is 1. The van der Waals surface area contributed by atoms with Crippen LogP contribution in [-0.2, 0) is 4.79 Å². The minimum atomic E-state index is -0.425. The van der Waals surface area contributed by atoms with E-state index in [1.807, 2.05) is 0 Å². The van der Waals surface area contributed by atoms with E-state index in [1.165, 1.54) is 6.21 Å². The second kappa shape index (κ2) is 9.47. The minimum Gasteiger partial charge on any atom is -0.483 e. The summed E-state index contributed by atoms with van der Waals surface area (Å²) in [5.41, 5.74) is 3.07. The fourth-order valence-electron chi connectivity index (χ4n) is 2.19. The normalized spacial score (nSPS) is 11.0. The van der Waals surface area contributed by atoms with Gasteiger partial charge in [0.2, 0.25) is 0 Å². The third kappa shape index (κ3) is 5.52. The Morgan fingerprint density at radius 3 is 2.61 bits per heavy atom. The van der Waals surface area contributed by atoms with Gasteiger partial charge in [-0.25, -0.2) is 5.43 Å². The predicted octanol–water partition coefficient (Wildman–Crippen LogP) is 6.20. The first-order chi connectivity index (χ1) is 13.4. The number of amides is 1. The van der Waals surface area contributed by atoms with E-state index in [4.69, 9.17) is 44.0 Å².